The third-order valence-corrected chi connectivity index (χ3v) is 4.94. The summed E-state index contributed by atoms with van der Waals surface area (Å²) in [5.74, 6) is 0.879. The number of carbonyl (C=O) groups is 2. The van der Waals surface area contributed by atoms with Crippen LogP contribution in [0.2, 0.25) is 0 Å². The Morgan fingerprint density at radius 3 is 2.42 bits per heavy atom. The van der Waals surface area contributed by atoms with Crippen molar-refractivity contribution in [3.63, 3.8) is 0 Å². The van der Waals surface area contributed by atoms with Crippen LogP contribution in [0.25, 0.3) is 11.5 Å². The number of amides is 3. The second kappa shape index (κ2) is 9.93. The van der Waals surface area contributed by atoms with Gasteiger partial charge in [-0.2, -0.15) is 0 Å². The van der Waals surface area contributed by atoms with Crippen LogP contribution in [-0.4, -0.2) is 23.0 Å². The lowest BCUT2D eigenvalue weighted by Crippen LogP contribution is -2.50. The molecule has 0 radical (unpaired) electrons. The number of nitrogens with zero attached hydrogens (tertiary/aromatic N) is 1. The summed E-state index contributed by atoms with van der Waals surface area (Å²) in [5.41, 5.74) is 3.18. The third-order valence-electron chi connectivity index (χ3n) is 4.94. The first-order valence-corrected chi connectivity index (χ1v) is 10.3. The van der Waals surface area contributed by atoms with Crippen molar-refractivity contribution in [3.05, 3.63) is 71.6 Å². The van der Waals surface area contributed by atoms with E-state index in [0.29, 0.717) is 18.1 Å². The molecular weight excluding hydrogens is 392 g/mol. The van der Waals surface area contributed by atoms with Crippen molar-refractivity contribution in [2.75, 3.05) is 5.32 Å². The first kappa shape index (κ1) is 22.1. The molecule has 3 aromatic rings. The second-order valence-corrected chi connectivity index (χ2v) is 7.76. The fraction of sp³-hybridized carbons (Fsp3) is 0.292. The summed E-state index contributed by atoms with van der Waals surface area (Å²) in [6, 6.07) is 15.8. The van der Waals surface area contributed by atoms with E-state index in [1.165, 1.54) is 0 Å². The van der Waals surface area contributed by atoms with Gasteiger partial charge in [-0.05, 0) is 43.5 Å². The number of oxazole rings is 1. The summed E-state index contributed by atoms with van der Waals surface area (Å²) in [7, 11) is 0. The average Bonchev–Trinajstić information content (AvgIpc) is 3.09. The highest BCUT2D eigenvalue weighted by Gasteiger charge is 2.24. The molecule has 0 spiro atoms. The molecule has 0 bridgehead atoms. The number of urea groups is 1. The van der Waals surface area contributed by atoms with E-state index in [1.54, 1.807) is 12.1 Å². The van der Waals surface area contributed by atoms with Crippen LogP contribution in [0.5, 0.6) is 0 Å². The van der Waals surface area contributed by atoms with E-state index in [0.717, 1.165) is 22.6 Å². The summed E-state index contributed by atoms with van der Waals surface area (Å²) in [5, 5.41) is 8.44. The average molecular weight is 421 g/mol. The lowest BCUT2D eigenvalue weighted by molar-refractivity contribution is -0.118. The molecule has 0 aliphatic heterocycles. The van der Waals surface area contributed by atoms with Crippen LogP contribution in [0.3, 0.4) is 0 Å². The predicted molar refractivity (Wildman–Crippen MR) is 120 cm³/mol. The van der Waals surface area contributed by atoms with Crippen molar-refractivity contribution in [1.29, 1.82) is 0 Å². The molecule has 2 aromatic carbocycles. The van der Waals surface area contributed by atoms with Crippen molar-refractivity contribution < 1.29 is 14.0 Å². The van der Waals surface area contributed by atoms with Gasteiger partial charge in [0.1, 0.15) is 11.8 Å². The number of rotatable bonds is 7. The Hall–Kier alpha value is -3.61. The second-order valence-electron chi connectivity index (χ2n) is 7.76. The third kappa shape index (κ3) is 5.94. The Morgan fingerprint density at radius 1 is 1.03 bits per heavy atom. The topological polar surface area (TPSA) is 96.3 Å². The quantitative estimate of drug-likeness (QED) is 0.527. The molecule has 7 nitrogen and oxygen atoms in total. The van der Waals surface area contributed by atoms with Crippen molar-refractivity contribution in [2.24, 2.45) is 5.92 Å². The van der Waals surface area contributed by atoms with E-state index in [4.69, 9.17) is 4.42 Å². The minimum absolute atomic E-state index is 0.0947. The van der Waals surface area contributed by atoms with E-state index in [-0.39, 0.29) is 11.8 Å². The lowest BCUT2D eigenvalue weighted by atomic mass is 10.0. The van der Waals surface area contributed by atoms with Crippen LogP contribution in [-0.2, 0) is 11.3 Å². The van der Waals surface area contributed by atoms with E-state index in [2.05, 4.69) is 20.9 Å². The number of hydrogen-bond acceptors (Lipinski definition) is 4. The Labute approximate surface area is 182 Å². The molecule has 0 aliphatic rings. The molecule has 0 fully saturated rings. The van der Waals surface area contributed by atoms with Gasteiger partial charge in [-0.25, -0.2) is 9.78 Å². The maximum atomic E-state index is 12.9. The molecule has 0 saturated heterocycles. The van der Waals surface area contributed by atoms with Gasteiger partial charge < -0.3 is 20.4 Å². The molecular formula is C24H28N4O3. The number of aryl methyl sites for hydroxylation is 2. The van der Waals surface area contributed by atoms with Gasteiger partial charge in [-0.3, -0.25) is 4.79 Å². The first-order chi connectivity index (χ1) is 14.8. The smallest absolute Gasteiger partial charge is 0.315 e. The highest BCUT2D eigenvalue weighted by Crippen LogP contribution is 2.24. The van der Waals surface area contributed by atoms with E-state index in [9.17, 15) is 9.59 Å². The highest BCUT2D eigenvalue weighted by molar-refractivity contribution is 5.97. The molecule has 1 atom stereocenters. The molecule has 0 saturated carbocycles. The number of nitrogens with one attached hydrogen (secondary N) is 3. The van der Waals surface area contributed by atoms with Crippen LogP contribution in [0.15, 0.2) is 59.0 Å². The largest absolute Gasteiger partial charge is 0.441 e. The molecule has 3 amide bonds. The van der Waals surface area contributed by atoms with Crippen molar-refractivity contribution in [2.45, 2.75) is 40.3 Å². The maximum Gasteiger partial charge on any atom is 0.315 e. The Bertz CT molecular complexity index is 1020. The Morgan fingerprint density at radius 2 is 1.77 bits per heavy atom. The molecule has 3 rings (SSSR count). The molecule has 0 aliphatic carbocycles. The zero-order valence-corrected chi connectivity index (χ0v) is 18.2. The first-order valence-electron chi connectivity index (χ1n) is 10.3. The molecule has 1 aromatic heterocycles. The van der Waals surface area contributed by atoms with Crippen LogP contribution in [0.4, 0.5) is 10.5 Å². The van der Waals surface area contributed by atoms with E-state index >= 15 is 0 Å². The number of carbonyl (C=O) groups excluding carboxylic acids is 2. The molecule has 1 heterocycles. The van der Waals surface area contributed by atoms with Gasteiger partial charge >= 0.3 is 6.03 Å². The van der Waals surface area contributed by atoms with Gasteiger partial charge in [-0.1, -0.05) is 50.2 Å². The number of benzene rings is 2. The van der Waals surface area contributed by atoms with E-state index < -0.39 is 12.1 Å². The van der Waals surface area contributed by atoms with Gasteiger partial charge in [0, 0.05) is 17.8 Å². The lowest BCUT2D eigenvalue weighted by Gasteiger charge is -2.22. The summed E-state index contributed by atoms with van der Waals surface area (Å²) in [6.07, 6.45) is 0. The fourth-order valence-corrected chi connectivity index (χ4v) is 3.05. The summed E-state index contributed by atoms with van der Waals surface area (Å²) >= 11 is 0. The zero-order chi connectivity index (χ0) is 22.4. The number of hydrogen-bond donors (Lipinski definition) is 3. The Balaban J connectivity index is 1.64. The van der Waals surface area contributed by atoms with Crippen LogP contribution in [0.1, 0.15) is 30.9 Å². The highest BCUT2D eigenvalue weighted by atomic mass is 16.4. The predicted octanol–water partition coefficient (Wildman–Crippen LogP) is 4.42. The molecule has 31 heavy (non-hydrogen) atoms. The van der Waals surface area contributed by atoms with Gasteiger partial charge in [0.25, 0.3) is 0 Å². The SMILES string of the molecule is Cc1nc(-c2cccc(NC(=O)C(NC(=O)NCc3ccccc3)C(C)C)c2)oc1C. The van der Waals surface area contributed by atoms with Gasteiger partial charge in [0.05, 0.1) is 5.69 Å². The standard InChI is InChI=1S/C24H28N4O3/c1-15(2)21(28-24(30)25-14-18-9-6-5-7-10-18)22(29)27-20-12-8-11-19(13-20)23-26-16(3)17(4)31-23/h5-13,15,21H,14H2,1-4H3,(H,27,29)(H2,25,28,30). The summed E-state index contributed by atoms with van der Waals surface area (Å²) in [4.78, 5) is 29.6. The Kier molecular flexibility index (Phi) is 7.07. The monoisotopic (exact) mass is 420 g/mol. The molecule has 7 heteroatoms. The number of aromatic nitrogens is 1. The molecule has 1 unspecified atom stereocenters. The molecule has 3 N–H and O–H groups in total. The van der Waals surface area contributed by atoms with Gasteiger partial charge in [0.15, 0.2) is 0 Å². The minimum atomic E-state index is -0.689. The summed E-state index contributed by atoms with van der Waals surface area (Å²) < 4.78 is 5.67. The fourth-order valence-electron chi connectivity index (χ4n) is 3.05. The maximum absolute atomic E-state index is 12.9. The van der Waals surface area contributed by atoms with Crippen molar-refractivity contribution in [3.8, 4) is 11.5 Å². The number of anilines is 1. The van der Waals surface area contributed by atoms with Crippen molar-refractivity contribution >= 4 is 17.6 Å². The van der Waals surface area contributed by atoms with Crippen molar-refractivity contribution in [1.82, 2.24) is 15.6 Å². The van der Waals surface area contributed by atoms with Crippen LogP contribution >= 0.6 is 0 Å². The normalized spacial score (nSPS) is 11.8. The zero-order valence-electron chi connectivity index (χ0n) is 18.2. The van der Waals surface area contributed by atoms with Gasteiger partial charge in [0.2, 0.25) is 11.8 Å². The molecule has 162 valence electrons. The summed E-state index contributed by atoms with van der Waals surface area (Å²) in [6.45, 7) is 7.90. The van der Waals surface area contributed by atoms with Crippen LogP contribution < -0.4 is 16.0 Å². The van der Waals surface area contributed by atoms with Gasteiger partial charge in [-0.15, -0.1) is 0 Å². The van der Waals surface area contributed by atoms with E-state index in [1.807, 2.05) is 70.2 Å². The van der Waals surface area contributed by atoms with Crippen LogP contribution in [0, 0.1) is 19.8 Å². The minimum Gasteiger partial charge on any atom is -0.441 e.